The van der Waals surface area contributed by atoms with E-state index < -0.39 is 11.7 Å². The molecule has 0 saturated carbocycles. The summed E-state index contributed by atoms with van der Waals surface area (Å²) in [5.74, 6) is -1.54. The van der Waals surface area contributed by atoms with Gasteiger partial charge in [0, 0.05) is 16.2 Å². The summed E-state index contributed by atoms with van der Waals surface area (Å²) in [4.78, 5) is 11.8. The molecule has 0 spiro atoms. The van der Waals surface area contributed by atoms with Crippen LogP contribution in [0.1, 0.15) is 10.4 Å². The van der Waals surface area contributed by atoms with E-state index in [0.29, 0.717) is 5.69 Å². The summed E-state index contributed by atoms with van der Waals surface area (Å²) in [7, 11) is 0. The SMILES string of the molecule is O=C(Nc1ccc(Br)cc1)c1ccc(O)cc1F. The van der Waals surface area contributed by atoms with E-state index in [4.69, 9.17) is 5.11 Å². The van der Waals surface area contributed by atoms with Gasteiger partial charge in [-0.25, -0.2) is 4.39 Å². The first-order valence-corrected chi connectivity index (χ1v) is 5.91. The molecule has 92 valence electrons. The monoisotopic (exact) mass is 309 g/mol. The molecule has 3 nitrogen and oxygen atoms in total. The van der Waals surface area contributed by atoms with Gasteiger partial charge in [0.05, 0.1) is 5.56 Å². The lowest BCUT2D eigenvalue weighted by Gasteiger charge is -2.06. The van der Waals surface area contributed by atoms with Crippen molar-refractivity contribution >= 4 is 27.5 Å². The molecule has 18 heavy (non-hydrogen) atoms. The largest absolute Gasteiger partial charge is 0.508 e. The van der Waals surface area contributed by atoms with Crippen LogP contribution in [-0.2, 0) is 0 Å². The van der Waals surface area contributed by atoms with Crippen molar-refractivity contribution in [3.8, 4) is 5.75 Å². The highest BCUT2D eigenvalue weighted by molar-refractivity contribution is 9.10. The Balaban J connectivity index is 2.19. The Morgan fingerprint density at radius 3 is 2.44 bits per heavy atom. The van der Waals surface area contributed by atoms with Crippen LogP contribution < -0.4 is 5.32 Å². The fourth-order valence-electron chi connectivity index (χ4n) is 1.42. The normalized spacial score (nSPS) is 10.1. The highest BCUT2D eigenvalue weighted by Gasteiger charge is 2.12. The predicted molar refractivity (Wildman–Crippen MR) is 70.2 cm³/mol. The van der Waals surface area contributed by atoms with Gasteiger partial charge in [0.15, 0.2) is 0 Å². The highest BCUT2D eigenvalue weighted by Crippen LogP contribution is 2.18. The van der Waals surface area contributed by atoms with E-state index in [1.807, 2.05) is 0 Å². The second-order valence-electron chi connectivity index (χ2n) is 3.63. The molecule has 2 aromatic rings. The van der Waals surface area contributed by atoms with Crippen molar-refractivity contribution in [3.05, 3.63) is 58.3 Å². The van der Waals surface area contributed by atoms with Crippen LogP contribution in [0, 0.1) is 5.82 Å². The van der Waals surface area contributed by atoms with E-state index in [1.54, 1.807) is 24.3 Å². The summed E-state index contributed by atoms with van der Waals surface area (Å²) in [6.45, 7) is 0. The van der Waals surface area contributed by atoms with Crippen LogP contribution >= 0.6 is 15.9 Å². The highest BCUT2D eigenvalue weighted by atomic mass is 79.9. The molecular weight excluding hydrogens is 301 g/mol. The first-order valence-electron chi connectivity index (χ1n) is 5.12. The van der Waals surface area contributed by atoms with Crippen molar-refractivity contribution in [2.24, 2.45) is 0 Å². The van der Waals surface area contributed by atoms with Gasteiger partial charge >= 0.3 is 0 Å². The average molecular weight is 310 g/mol. The molecule has 0 fully saturated rings. The van der Waals surface area contributed by atoms with Gasteiger partial charge in [0.1, 0.15) is 11.6 Å². The average Bonchev–Trinajstić information content (AvgIpc) is 2.32. The number of rotatable bonds is 2. The molecule has 0 unspecified atom stereocenters. The molecule has 2 rings (SSSR count). The van der Waals surface area contributed by atoms with Gasteiger partial charge in [-0.3, -0.25) is 4.79 Å². The van der Waals surface area contributed by atoms with Crippen molar-refractivity contribution in [2.45, 2.75) is 0 Å². The van der Waals surface area contributed by atoms with Crippen LogP contribution in [0.5, 0.6) is 5.75 Å². The lowest BCUT2D eigenvalue weighted by atomic mass is 10.2. The van der Waals surface area contributed by atoms with Crippen LogP contribution in [0.4, 0.5) is 10.1 Å². The van der Waals surface area contributed by atoms with E-state index in [1.165, 1.54) is 12.1 Å². The molecule has 1 amide bonds. The van der Waals surface area contributed by atoms with E-state index in [0.717, 1.165) is 10.5 Å². The molecule has 0 bridgehead atoms. The summed E-state index contributed by atoms with van der Waals surface area (Å²) in [5.41, 5.74) is 0.450. The molecule has 2 N–H and O–H groups in total. The number of halogens is 2. The van der Waals surface area contributed by atoms with Crippen molar-refractivity contribution in [1.29, 1.82) is 0 Å². The van der Waals surface area contributed by atoms with Crippen molar-refractivity contribution in [2.75, 3.05) is 5.32 Å². The molecular formula is C13H9BrFNO2. The third-order valence-electron chi connectivity index (χ3n) is 2.30. The summed E-state index contributed by atoms with van der Waals surface area (Å²) in [6.07, 6.45) is 0. The summed E-state index contributed by atoms with van der Waals surface area (Å²) in [6, 6.07) is 10.3. The molecule has 0 atom stereocenters. The number of carbonyl (C=O) groups excluding carboxylic acids is 1. The van der Waals surface area contributed by atoms with Crippen LogP contribution in [0.2, 0.25) is 0 Å². The first-order chi connectivity index (χ1) is 8.56. The maximum atomic E-state index is 13.4. The van der Waals surface area contributed by atoms with Crippen LogP contribution in [0.15, 0.2) is 46.9 Å². The van der Waals surface area contributed by atoms with Crippen molar-refractivity contribution in [3.63, 3.8) is 0 Å². The van der Waals surface area contributed by atoms with Crippen LogP contribution in [-0.4, -0.2) is 11.0 Å². The second-order valence-corrected chi connectivity index (χ2v) is 4.54. The lowest BCUT2D eigenvalue weighted by molar-refractivity contribution is 0.102. The van der Waals surface area contributed by atoms with Gasteiger partial charge in [-0.2, -0.15) is 0 Å². The fourth-order valence-corrected chi connectivity index (χ4v) is 1.68. The number of carbonyl (C=O) groups is 1. The van der Waals surface area contributed by atoms with Crippen LogP contribution in [0.25, 0.3) is 0 Å². The molecule has 0 heterocycles. The quantitative estimate of drug-likeness (QED) is 0.891. The van der Waals surface area contributed by atoms with Gasteiger partial charge in [0.25, 0.3) is 5.91 Å². The zero-order valence-electron chi connectivity index (χ0n) is 9.15. The molecule has 0 radical (unpaired) electrons. The molecule has 5 heteroatoms. The maximum absolute atomic E-state index is 13.4. The third kappa shape index (κ3) is 2.87. The molecule has 0 aliphatic carbocycles. The second kappa shape index (κ2) is 5.18. The third-order valence-corrected chi connectivity index (χ3v) is 2.83. The van der Waals surface area contributed by atoms with Gasteiger partial charge in [-0.05, 0) is 36.4 Å². The van der Waals surface area contributed by atoms with E-state index in [-0.39, 0.29) is 11.3 Å². The standard InChI is InChI=1S/C13H9BrFNO2/c14-8-1-3-9(4-2-8)16-13(18)11-6-5-10(17)7-12(11)15/h1-7,17H,(H,16,18). The van der Waals surface area contributed by atoms with E-state index in [9.17, 15) is 9.18 Å². The van der Waals surface area contributed by atoms with E-state index >= 15 is 0 Å². The Morgan fingerprint density at radius 1 is 1.17 bits per heavy atom. The molecule has 0 saturated heterocycles. The number of hydrogen-bond acceptors (Lipinski definition) is 2. The maximum Gasteiger partial charge on any atom is 0.258 e. The molecule has 0 aromatic heterocycles. The summed E-state index contributed by atoms with van der Waals surface area (Å²) >= 11 is 3.28. The smallest absolute Gasteiger partial charge is 0.258 e. The Hall–Kier alpha value is -1.88. The minimum atomic E-state index is -0.760. The number of amides is 1. The van der Waals surface area contributed by atoms with E-state index in [2.05, 4.69) is 21.2 Å². The van der Waals surface area contributed by atoms with Gasteiger partial charge in [-0.15, -0.1) is 0 Å². The number of phenols is 1. The number of nitrogens with one attached hydrogen (secondary N) is 1. The lowest BCUT2D eigenvalue weighted by Crippen LogP contribution is -2.13. The number of phenolic OH excluding ortho intramolecular Hbond substituents is 1. The minimum absolute atomic E-state index is 0.115. The van der Waals surface area contributed by atoms with Crippen molar-refractivity contribution in [1.82, 2.24) is 0 Å². The Kier molecular flexibility index (Phi) is 3.62. The van der Waals surface area contributed by atoms with Crippen molar-refractivity contribution < 1.29 is 14.3 Å². The number of benzene rings is 2. The number of anilines is 1. The van der Waals surface area contributed by atoms with Gasteiger partial charge in [-0.1, -0.05) is 15.9 Å². The zero-order valence-corrected chi connectivity index (χ0v) is 10.7. The molecule has 0 aliphatic rings. The number of aromatic hydroxyl groups is 1. The zero-order chi connectivity index (χ0) is 13.1. The molecule has 2 aromatic carbocycles. The summed E-state index contributed by atoms with van der Waals surface area (Å²) in [5, 5.41) is 11.6. The van der Waals surface area contributed by atoms with Gasteiger partial charge in [0.2, 0.25) is 0 Å². The Morgan fingerprint density at radius 2 is 1.83 bits per heavy atom. The Labute approximate surface area is 111 Å². The Bertz CT molecular complexity index is 584. The van der Waals surface area contributed by atoms with Gasteiger partial charge < -0.3 is 10.4 Å². The fraction of sp³-hybridized carbons (Fsp3) is 0. The first kappa shape index (κ1) is 12.6. The number of hydrogen-bond donors (Lipinski definition) is 2. The topological polar surface area (TPSA) is 49.3 Å². The summed E-state index contributed by atoms with van der Waals surface area (Å²) < 4.78 is 14.3. The van der Waals surface area contributed by atoms with Crippen LogP contribution in [0.3, 0.4) is 0 Å². The molecule has 0 aliphatic heterocycles. The minimum Gasteiger partial charge on any atom is -0.508 e. The predicted octanol–water partition coefficient (Wildman–Crippen LogP) is 3.55.